The molecule has 36 heavy (non-hydrogen) atoms. The molecule has 0 radical (unpaired) electrons. The van der Waals surface area contributed by atoms with Gasteiger partial charge in [-0.05, 0) is 72.9 Å². The Morgan fingerprint density at radius 1 is 1.17 bits per heavy atom. The number of aryl methyl sites for hydroxylation is 1. The number of imide groups is 1. The number of H-pyrrole nitrogens is 1. The average Bonchev–Trinajstić information content (AvgIpc) is 3.39. The smallest absolute Gasteiger partial charge is 0.325 e. The molecule has 2 heterocycles. The van der Waals surface area contributed by atoms with E-state index in [0.717, 1.165) is 45.7 Å². The second-order valence-electron chi connectivity index (χ2n) is 10.2. The Balaban J connectivity index is 1.23. The van der Waals surface area contributed by atoms with Crippen molar-refractivity contribution in [3.8, 4) is 11.3 Å². The van der Waals surface area contributed by atoms with E-state index in [1.54, 1.807) is 6.20 Å². The van der Waals surface area contributed by atoms with Crippen LogP contribution < -0.4 is 5.32 Å². The van der Waals surface area contributed by atoms with Crippen LogP contribution in [0.3, 0.4) is 0 Å². The van der Waals surface area contributed by atoms with Crippen LogP contribution in [0, 0.1) is 5.92 Å². The van der Waals surface area contributed by atoms with Crippen molar-refractivity contribution in [2.45, 2.75) is 50.7 Å². The summed E-state index contributed by atoms with van der Waals surface area (Å²) in [6.07, 6.45) is 5.05. The third-order valence-electron chi connectivity index (χ3n) is 7.93. The fourth-order valence-corrected chi connectivity index (χ4v) is 5.68. The number of fused-ring (bicyclic) bond motifs is 2. The first-order valence-electron chi connectivity index (χ1n) is 12.6. The van der Waals surface area contributed by atoms with Crippen molar-refractivity contribution >= 4 is 17.8 Å². The van der Waals surface area contributed by atoms with Gasteiger partial charge in [-0.1, -0.05) is 42.5 Å². The van der Waals surface area contributed by atoms with Gasteiger partial charge in [-0.2, -0.15) is 5.10 Å². The number of carbonyl (C=O) groups is 3. The normalized spacial score (nSPS) is 21.5. The van der Waals surface area contributed by atoms with Gasteiger partial charge in [0.25, 0.3) is 5.91 Å². The molecule has 1 aromatic heterocycles. The Morgan fingerprint density at radius 3 is 2.69 bits per heavy atom. The predicted molar refractivity (Wildman–Crippen MR) is 133 cm³/mol. The zero-order valence-electron chi connectivity index (χ0n) is 20.2. The molecule has 3 aromatic rings. The van der Waals surface area contributed by atoms with Crippen molar-refractivity contribution in [1.29, 1.82) is 0 Å². The summed E-state index contributed by atoms with van der Waals surface area (Å²) >= 11 is 0. The average molecular weight is 484 g/mol. The molecule has 6 rings (SSSR count). The maximum atomic E-state index is 13.7. The fraction of sp³-hybridized carbons (Fsp3) is 0.357. The lowest BCUT2D eigenvalue weighted by molar-refractivity contribution is -0.141. The summed E-state index contributed by atoms with van der Waals surface area (Å²) in [7, 11) is 0. The van der Waals surface area contributed by atoms with Gasteiger partial charge < -0.3 is 10.2 Å². The summed E-state index contributed by atoms with van der Waals surface area (Å²) in [5.74, 6) is -0.0721. The number of benzene rings is 2. The SMILES string of the molecule is CC(C1CC1)N(Cc1ccccc1)C(=O)CN1C(=O)NC2(CCc3cc(-c4ccn[nH]4)ccc32)C1=O. The summed E-state index contributed by atoms with van der Waals surface area (Å²) in [5.41, 5.74) is 3.65. The van der Waals surface area contributed by atoms with Crippen molar-refractivity contribution < 1.29 is 14.4 Å². The van der Waals surface area contributed by atoms with Gasteiger partial charge in [0, 0.05) is 18.8 Å². The van der Waals surface area contributed by atoms with Gasteiger partial charge in [0.1, 0.15) is 12.1 Å². The lowest BCUT2D eigenvalue weighted by atomic mass is 9.91. The Labute approximate surface area is 209 Å². The summed E-state index contributed by atoms with van der Waals surface area (Å²) in [4.78, 5) is 43.2. The number of aromatic amines is 1. The summed E-state index contributed by atoms with van der Waals surface area (Å²) < 4.78 is 0. The van der Waals surface area contributed by atoms with Gasteiger partial charge in [0.15, 0.2) is 0 Å². The molecule has 2 aromatic carbocycles. The number of carbonyl (C=O) groups excluding carboxylic acids is 3. The Hall–Kier alpha value is -3.94. The molecular formula is C28H29N5O3. The molecule has 8 heteroatoms. The highest BCUT2D eigenvalue weighted by molar-refractivity contribution is 6.10. The Bertz CT molecular complexity index is 1320. The van der Waals surface area contributed by atoms with Crippen LogP contribution in [-0.2, 0) is 28.1 Å². The van der Waals surface area contributed by atoms with Gasteiger partial charge >= 0.3 is 6.03 Å². The van der Waals surface area contributed by atoms with Crippen molar-refractivity contribution in [2.24, 2.45) is 5.92 Å². The molecule has 1 saturated carbocycles. The first-order valence-corrected chi connectivity index (χ1v) is 12.6. The van der Waals surface area contributed by atoms with Gasteiger partial charge in [-0.25, -0.2) is 4.79 Å². The number of amides is 4. The van der Waals surface area contributed by atoms with Crippen LogP contribution in [0.2, 0.25) is 0 Å². The summed E-state index contributed by atoms with van der Waals surface area (Å²) in [5, 5.41) is 9.92. The van der Waals surface area contributed by atoms with Gasteiger partial charge in [0.05, 0.1) is 5.69 Å². The Kier molecular flexibility index (Phi) is 5.39. The highest BCUT2D eigenvalue weighted by atomic mass is 16.2. The van der Waals surface area contributed by atoms with E-state index in [4.69, 9.17) is 0 Å². The molecule has 3 aliphatic rings. The monoisotopic (exact) mass is 483 g/mol. The molecule has 1 saturated heterocycles. The molecule has 2 unspecified atom stereocenters. The lowest BCUT2D eigenvalue weighted by Gasteiger charge is -2.31. The van der Waals surface area contributed by atoms with Crippen LogP contribution in [0.5, 0.6) is 0 Å². The topological polar surface area (TPSA) is 98.4 Å². The number of hydrogen-bond donors (Lipinski definition) is 2. The minimum absolute atomic E-state index is 0.0561. The number of aromatic nitrogens is 2. The summed E-state index contributed by atoms with van der Waals surface area (Å²) in [6.45, 7) is 2.28. The van der Waals surface area contributed by atoms with Gasteiger partial charge in [-0.3, -0.25) is 19.6 Å². The van der Waals surface area contributed by atoms with Gasteiger partial charge in [-0.15, -0.1) is 0 Å². The highest BCUT2D eigenvalue weighted by Gasteiger charge is 2.56. The van der Waals surface area contributed by atoms with E-state index in [-0.39, 0.29) is 24.4 Å². The lowest BCUT2D eigenvalue weighted by Crippen LogP contribution is -2.47. The molecule has 2 fully saturated rings. The molecule has 2 N–H and O–H groups in total. The van der Waals surface area contributed by atoms with Crippen LogP contribution in [0.4, 0.5) is 4.79 Å². The van der Waals surface area contributed by atoms with E-state index < -0.39 is 11.6 Å². The van der Waals surface area contributed by atoms with Crippen molar-refractivity contribution in [1.82, 2.24) is 25.3 Å². The zero-order chi connectivity index (χ0) is 24.9. The van der Waals surface area contributed by atoms with E-state index in [1.807, 2.05) is 59.5 Å². The van der Waals surface area contributed by atoms with E-state index in [1.165, 1.54) is 0 Å². The van der Waals surface area contributed by atoms with Crippen molar-refractivity contribution in [3.05, 3.63) is 77.5 Å². The second-order valence-corrected chi connectivity index (χ2v) is 10.2. The largest absolute Gasteiger partial charge is 0.334 e. The third kappa shape index (κ3) is 3.77. The van der Waals surface area contributed by atoms with E-state index in [2.05, 4.69) is 22.4 Å². The fourth-order valence-electron chi connectivity index (χ4n) is 5.68. The maximum absolute atomic E-state index is 13.7. The highest BCUT2D eigenvalue weighted by Crippen LogP contribution is 2.43. The van der Waals surface area contributed by atoms with Gasteiger partial charge in [0.2, 0.25) is 5.91 Å². The van der Waals surface area contributed by atoms with Crippen LogP contribution in [0.25, 0.3) is 11.3 Å². The second kappa shape index (κ2) is 8.62. The number of hydrogen-bond acceptors (Lipinski definition) is 4. The molecule has 1 spiro atoms. The molecule has 4 amide bonds. The third-order valence-corrected chi connectivity index (χ3v) is 7.93. The number of nitrogens with one attached hydrogen (secondary N) is 2. The first kappa shape index (κ1) is 22.5. The maximum Gasteiger partial charge on any atom is 0.325 e. The van der Waals surface area contributed by atoms with E-state index in [0.29, 0.717) is 25.3 Å². The number of urea groups is 1. The molecular weight excluding hydrogens is 454 g/mol. The predicted octanol–water partition coefficient (Wildman–Crippen LogP) is 3.60. The number of rotatable bonds is 7. The van der Waals surface area contributed by atoms with Crippen molar-refractivity contribution in [2.75, 3.05) is 6.54 Å². The van der Waals surface area contributed by atoms with Crippen LogP contribution in [-0.4, -0.2) is 50.4 Å². The summed E-state index contributed by atoms with van der Waals surface area (Å²) in [6, 6.07) is 17.2. The van der Waals surface area contributed by atoms with E-state index >= 15 is 0 Å². The standard InChI is InChI=1S/C28H29N5O3/c1-18(20-7-8-20)32(16-19-5-3-2-4-6-19)25(34)17-33-26(35)28(30-27(33)36)13-11-21-15-22(9-10-23(21)28)24-12-14-29-31-24/h2-6,9-10,12,14-15,18,20H,7-8,11,13,16-17H2,1H3,(H,29,31)(H,30,36). The molecule has 2 aliphatic carbocycles. The van der Waals surface area contributed by atoms with Crippen LogP contribution in [0.1, 0.15) is 42.9 Å². The molecule has 2 atom stereocenters. The molecule has 8 nitrogen and oxygen atoms in total. The Morgan fingerprint density at radius 2 is 1.97 bits per heavy atom. The van der Waals surface area contributed by atoms with Crippen LogP contribution >= 0.6 is 0 Å². The minimum Gasteiger partial charge on any atom is -0.334 e. The quantitative estimate of drug-likeness (QED) is 0.502. The minimum atomic E-state index is -1.11. The molecule has 0 bridgehead atoms. The van der Waals surface area contributed by atoms with Crippen LogP contribution in [0.15, 0.2) is 60.8 Å². The molecule has 1 aliphatic heterocycles. The van der Waals surface area contributed by atoms with Crippen molar-refractivity contribution in [3.63, 3.8) is 0 Å². The molecule has 184 valence electrons. The van der Waals surface area contributed by atoms with E-state index in [9.17, 15) is 14.4 Å². The zero-order valence-corrected chi connectivity index (χ0v) is 20.2. The number of nitrogens with zero attached hydrogens (tertiary/aromatic N) is 3. The first-order chi connectivity index (χ1) is 17.5.